The molecule has 0 aliphatic heterocycles. The molecule has 0 fully saturated rings. The molecule has 4 aromatic heterocycles. The van der Waals surface area contributed by atoms with Crippen LogP contribution >= 0.6 is 0 Å². The minimum atomic E-state index is -0.241. The van der Waals surface area contributed by atoms with Crippen molar-refractivity contribution in [2.75, 3.05) is 5.32 Å². The van der Waals surface area contributed by atoms with Crippen molar-refractivity contribution in [1.82, 2.24) is 24.5 Å². The number of hydrogen-bond acceptors (Lipinski definition) is 7. The first-order valence-electron chi connectivity index (χ1n) is 10.4. The zero-order valence-corrected chi connectivity index (χ0v) is 17.9. The summed E-state index contributed by atoms with van der Waals surface area (Å²) in [6, 6.07) is 15.6. The van der Waals surface area contributed by atoms with Gasteiger partial charge in [0.05, 0.1) is 16.6 Å². The predicted molar refractivity (Wildman–Crippen MR) is 121 cm³/mol. The van der Waals surface area contributed by atoms with E-state index in [1.54, 1.807) is 12.4 Å². The Balaban J connectivity index is 1.62. The van der Waals surface area contributed by atoms with Gasteiger partial charge in [-0.15, -0.1) is 0 Å². The highest BCUT2D eigenvalue weighted by atomic mass is 16.5. The Kier molecular flexibility index (Phi) is 4.79. The fourth-order valence-electron chi connectivity index (χ4n) is 3.85. The van der Waals surface area contributed by atoms with Gasteiger partial charge < -0.3 is 9.84 Å². The summed E-state index contributed by atoms with van der Waals surface area (Å²) in [6.07, 6.45) is 3.40. The van der Waals surface area contributed by atoms with Crippen molar-refractivity contribution in [2.45, 2.75) is 26.8 Å². The molecule has 0 amide bonds. The van der Waals surface area contributed by atoms with E-state index in [1.165, 1.54) is 0 Å². The van der Waals surface area contributed by atoms with Gasteiger partial charge in [-0.05, 0) is 48.7 Å². The first-order chi connectivity index (χ1) is 15.6. The molecule has 8 nitrogen and oxygen atoms in total. The Labute approximate surface area is 184 Å². The van der Waals surface area contributed by atoms with Gasteiger partial charge in [-0.25, -0.2) is 4.98 Å². The number of pyridine rings is 2. The van der Waals surface area contributed by atoms with Crippen molar-refractivity contribution in [3.63, 3.8) is 0 Å². The Morgan fingerprint density at radius 1 is 1.09 bits per heavy atom. The molecule has 1 unspecified atom stereocenters. The van der Waals surface area contributed by atoms with Crippen LogP contribution in [0.1, 0.15) is 36.9 Å². The van der Waals surface area contributed by atoms with Gasteiger partial charge in [0.25, 0.3) is 0 Å². The van der Waals surface area contributed by atoms with Gasteiger partial charge in [0, 0.05) is 18.0 Å². The van der Waals surface area contributed by atoms with E-state index in [0.29, 0.717) is 22.9 Å². The molecule has 32 heavy (non-hydrogen) atoms. The molecule has 1 aromatic carbocycles. The third kappa shape index (κ3) is 3.24. The molecular formula is C24H21N7O. The summed E-state index contributed by atoms with van der Waals surface area (Å²) >= 11 is 0. The van der Waals surface area contributed by atoms with Gasteiger partial charge in [-0.2, -0.15) is 10.2 Å². The summed E-state index contributed by atoms with van der Waals surface area (Å²) in [4.78, 5) is 13.4. The topological polar surface area (TPSA) is 105 Å². The average Bonchev–Trinajstić information content (AvgIpc) is 3.43. The third-order valence-corrected chi connectivity index (χ3v) is 5.50. The highest BCUT2D eigenvalue weighted by Crippen LogP contribution is 2.31. The summed E-state index contributed by atoms with van der Waals surface area (Å²) in [5, 5.41) is 17.5. The van der Waals surface area contributed by atoms with Gasteiger partial charge in [0.2, 0.25) is 11.7 Å². The summed E-state index contributed by atoms with van der Waals surface area (Å²) in [6.45, 7) is 6.10. The zero-order valence-electron chi connectivity index (χ0n) is 17.9. The van der Waals surface area contributed by atoms with Gasteiger partial charge in [0.1, 0.15) is 17.9 Å². The lowest BCUT2D eigenvalue weighted by atomic mass is 10.0. The second-order valence-electron chi connectivity index (χ2n) is 8.02. The van der Waals surface area contributed by atoms with Crippen LogP contribution in [-0.2, 0) is 0 Å². The lowest BCUT2D eigenvalue weighted by Crippen LogP contribution is -2.19. The molecule has 0 radical (unpaired) electrons. The molecule has 4 heterocycles. The fraction of sp³-hybridized carbons (Fsp3) is 0.208. The van der Waals surface area contributed by atoms with Crippen molar-refractivity contribution < 1.29 is 4.52 Å². The number of nitrogens with zero attached hydrogens (tertiary/aromatic N) is 6. The normalized spacial score (nSPS) is 12.3. The van der Waals surface area contributed by atoms with Crippen LogP contribution in [0.25, 0.3) is 28.1 Å². The maximum atomic E-state index is 9.73. The van der Waals surface area contributed by atoms with Crippen LogP contribution in [-0.4, -0.2) is 24.5 Å². The average molecular weight is 423 g/mol. The number of rotatable bonds is 5. The Hall–Kier alpha value is -4.25. The van der Waals surface area contributed by atoms with Crippen molar-refractivity contribution in [3.05, 3.63) is 71.9 Å². The SMILES string of the molecule is Cc1cc(NC(c2nc(-c3ccncc3)no2)C(C)C)n2c(nc3ccccc32)c1C#N. The van der Waals surface area contributed by atoms with Gasteiger partial charge in [-0.3, -0.25) is 9.38 Å². The van der Waals surface area contributed by atoms with Crippen molar-refractivity contribution >= 4 is 22.5 Å². The number of imidazole rings is 1. The fourth-order valence-corrected chi connectivity index (χ4v) is 3.85. The molecule has 5 rings (SSSR count). The molecule has 8 heteroatoms. The van der Waals surface area contributed by atoms with Crippen LogP contribution in [0.4, 0.5) is 5.82 Å². The number of nitrogens with one attached hydrogen (secondary N) is 1. The zero-order chi connectivity index (χ0) is 22.2. The first kappa shape index (κ1) is 19.7. The molecular weight excluding hydrogens is 402 g/mol. The van der Waals surface area contributed by atoms with Crippen LogP contribution in [0, 0.1) is 24.2 Å². The second kappa shape index (κ2) is 7.78. The van der Waals surface area contributed by atoms with E-state index in [2.05, 4.69) is 40.4 Å². The lowest BCUT2D eigenvalue weighted by Gasteiger charge is -2.21. The van der Waals surface area contributed by atoms with E-state index in [1.807, 2.05) is 53.8 Å². The second-order valence-corrected chi connectivity index (χ2v) is 8.02. The van der Waals surface area contributed by atoms with Gasteiger partial charge in [-0.1, -0.05) is 31.1 Å². The quantitative estimate of drug-likeness (QED) is 0.428. The Morgan fingerprint density at radius 3 is 2.62 bits per heavy atom. The summed E-state index contributed by atoms with van der Waals surface area (Å²) < 4.78 is 7.63. The summed E-state index contributed by atoms with van der Waals surface area (Å²) in [5.74, 6) is 1.98. The molecule has 0 aliphatic carbocycles. The van der Waals surface area contributed by atoms with Crippen molar-refractivity contribution in [2.24, 2.45) is 5.92 Å². The number of aryl methyl sites for hydroxylation is 1. The molecule has 0 aliphatic rings. The highest BCUT2D eigenvalue weighted by Gasteiger charge is 2.25. The summed E-state index contributed by atoms with van der Waals surface area (Å²) in [7, 11) is 0. The van der Waals surface area contributed by atoms with Crippen molar-refractivity contribution in [3.8, 4) is 17.5 Å². The van der Waals surface area contributed by atoms with E-state index in [9.17, 15) is 5.26 Å². The molecule has 1 N–H and O–H groups in total. The van der Waals surface area contributed by atoms with Crippen molar-refractivity contribution in [1.29, 1.82) is 5.26 Å². The van der Waals surface area contributed by atoms with E-state index >= 15 is 0 Å². The Bertz CT molecular complexity index is 1460. The minimum absolute atomic E-state index is 0.154. The van der Waals surface area contributed by atoms with E-state index in [-0.39, 0.29) is 12.0 Å². The van der Waals surface area contributed by atoms with E-state index in [4.69, 9.17) is 9.51 Å². The number of hydrogen-bond donors (Lipinski definition) is 1. The van der Waals surface area contributed by atoms with Crippen LogP contribution in [0.3, 0.4) is 0 Å². The number of aromatic nitrogens is 5. The maximum Gasteiger partial charge on any atom is 0.249 e. The number of benzene rings is 1. The standard InChI is InChI=1S/C24H21N7O/c1-14(2)21(24-29-22(30-32-24)16-8-10-26-11-9-16)28-20-12-15(3)17(13-25)23-27-18-6-4-5-7-19(18)31(20)23/h4-12,14,21,28H,1-3H3. The molecule has 158 valence electrons. The number of anilines is 1. The smallest absolute Gasteiger partial charge is 0.249 e. The molecule has 0 spiro atoms. The summed E-state index contributed by atoms with van der Waals surface area (Å²) in [5.41, 5.74) is 4.63. The van der Waals surface area contributed by atoms with E-state index in [0.717, 1.165) is 28.0 Å². The molecule has 0 bridgehead atoms. The minimum Gasteiger partial charge on any atom is -0.359 e. The number of nitriles is 1. The van der Waals surface area contributed by atoms with Crippen LogP contribution in [0.5, 0.6) is 0 Å². The van der Waals surface area contributed by atoms with Crippen LogP contribution < -0.4 is 5.32 Å². The molecule has 0 saturated carbocycles. The molecule has 5 aromatic rings. The maximum absolute atomic E-state index is 9.73. The Morgan fingerprint density at radius 2 is 1.88 bits per heavy atom. The van der Waals surface area contributed by atoms with E-state index < -0.39 is 0 Å². The van der Waals surface area contributed by atoms with Gasteiger partial charge >= 0.3 is 0 Å². The number of fused-ring (bicyclic) bond motifs is 3. The highest BCUT2D eigenvalue weighted by molar-refractivity contribution is 5.85. The van der Waals surface area contributed by atoms with Crippen LogP contribution in [0.2, 0.25) is 0 Å². The molecule has 0 saturated heterocycles. The number of para-hydroxylation sites is 2. The molecule has 1 atom stereocenters. The largest absolute Gasteiger partial charge is 0.359 e. The lowest BCUT2D eigenvalue weighted by molar-refractivity contribution is 0.335. The monoisotopic (exact) mass is 423 g/mol. The van der Waals surface area contributed by atoms with Gasteiger partial charge in [0.15, 0.2) is 5.65 Å². The third-order valence-electron chi connectivity index (χ3n) is 5.50. The van der Waals surface area contributed by atoms with Crippen LogP contribution in [0.15, 0.2) is 59.4 Å². The predicted octanol–water partition coefficient (Wildman–Crippen LogP) is 4.92. The first-order valence-corrected chi connectivity index (χ1v) is 10.4.